The highest BCUT2D eigenvalue weighted by atomic mass is 32.2. The summed E-state index contributed by atoms with van der Waals surface area (Å²) in [5, 5.41) is 13.3. The summed E-state index contributed by atoms with van der Waals surface area (Å²) in [6.07, 6.45) is 3.55. The van der Waals surface area contributed by atoms with Crippen LogP contribution in [-0.2, 0) is 4.79 Å². The number of carbonyl (C=O) groups is 1. The number of aryl methyl sites for hydroxylation is 4. The Morgan fingerprint density at radius 2 is 1.84 bits per heavy atom. The summed E-state index contributed by atoms with van der Waals surface area (Å²) < 4.78 is 0. The Morgan fingerprint density at radius 3 is 2.50 bits per heavy atom. The lowest BCUT2D eigenvalue weighted by Crippen LogP contribution is -2.16. The van der Waals surface area contributed by atoms with Crippen molar-refractivity contribution in [1.29, 1.82) is 0 Å². The van der Waals surface area contributed by atoms with E-state index in [0.29, 0.717) is 5.03 Å². The second-order valence-electron chi connectivity index (χ2n) is 7.54. The third-order valence-electron chi connectivity index (χ3n) is 4.87. The molecule has 0 fully saturated rings. The van der Waals surface area contributed by atoms with E-state index in [0.717, 1.165) is 43.7 Å². The molecule has 0 aliphatic heterocycles. The van der Waals surface area contributed by atoms with Crippen LogP contribution in [0.5, 0.6) is 0 Å². The second kappa shape index (κ2) is 9.58. The molecule has 0 atom stereocenters. The molecule has 0 saturated carbocycles. The summed E-state index contributed by atoms with van der Waals surface area (Å²) in [6.45, 7) is 8.04. The highest BCUT2D eigenvalue weighted by Gasteiger charge is 2.14. The largest absolute Gasteiger partial charge is 0.325 e. The minimum atomic E-state index is -0.0599. The van der Waals surface area contributed by atoms with E-state index in [-0.39, 0.29) is 11.7 Å². The zero-order chi connectivity index (χ0) is 22.7. The first-order chi connectivity index (χ1) is 15.4. The van der Waals surface area contributed by atoms with Gasteiger partial charge in [0.2, 0.25) is 5.91 Å². The van der Waals surface area contributed by atoms with Crippen molar-refractivity contribution in [3.8, 4) is 21.1 Å². The number of thioether (sulfide) groups is 1. The van der Waals surface area contributed by atoms with Crippen molar-refractivity contribution in [1.82, 2.24) is 20.2 Å². The van der Waals surface area contributed by atoms with Crippen LogP contribution < -0.4 is 5.32 Å². The van der Waals surface area contributed by atoms with Crippen molar-refractivity contribution >= 4 is 34.7 Å². The topological polar surface area (TPSA) is 80.7 Å². The first-order valence-corrected chi connectivity index (χ1v) is 11.9. The number of nitrogens with one attached hydrogen (secondary N) is 1. The average molecular weight is 462 g/mol. The van der Waals surface area contributed by atoms with Gasteiger partial charge < -0.3 is 5.32 Å². The van der Waals surface area contributed by atoms with Gasteiger partial charge in [-0.3, -0.25) is 9.78 Å². The fraction of sp³-hybridized carbons (Fsp3) is 0.208. The number of carbonyl (C=O) groups excluding carboxylic acids is 1. The molecule has 0 bridgehead atoms. The number of pyridine rings is 1. The van der Waals surface area contributed by atoms with Gasteiger partial charge in [0.05, 0.1) is 16.3 Å². The van der Waals surface area contributed by atoms with Crippen LogP contribution in [0.15, 0.2) is 53.8 Å². The fourth-order valence-electron chi connectivity index (χ4n) is 3.46. The van der Waals surface area contributed by atoms with Gasteiger partial charge in [0.1, 0.15) is 15.7 Å². The Morgan fingerprint density at radius 1 is 1.06 bits per heavy atom. The maximum atomic E-state index is 12.5. The van der Waals surface area contributed by atoms with E-state index in [1.165, 1.54) is 17.3 Å². The van der Waals surface area contributed by atoms with Crippen LogP contribution in [-0.4, -0.2) is 31.8 Å². The number of nitrogens with zero attached hydrogens (tertiary/aromatic N) is 4. The van der Waals surface area contributed by atoms with Crippen molar-refractivity contribution in [3.63, 3.8) is 0 Å². The number of hydrogen-bond acceptors (Lipinski definition) is 7. The Balaban J connectivity index is 1.41. The van der Waals surface area contributed by atoms with Crippen molar-refractivity contribution in [2.45, 2.75) is 32.7 Å². The van der Waals surface area contributed by atoms with Gasteiger partial charge in [0.25, 0.3) is 0 Å². The van der Waals surface area contributed by atoms with E-state index in [2.05, 4.69) is 44.5 Å². The van der Waals surface area contributed by atoms with Crippen LogP contribution in [0.4, 0.5) is 5.69 Å². The molecule has 32 heavy (non-hydrogen) atoms. The van der Waals surface area contributed by atoms with Gasteiger partial charge in [-0.2, -0.15) is 0 Å². The number of anilines is 1. The maximum Gasteiger partial charge on any atom is 0.234 e. The molecule has 0 radical (unpaired) electrons. The molecule has 1 N–H and O–H groups in total. The molecule has 0 unspecified atom stereocenters. The van der Waals surface area contributed by atoms with Gasteiger partial charge in [-0.05, 0) is 63.1 Å². The van der Waals surface area contributed by atoms with E-state index < -0.39 is 0 Å². The SMILES string of the molecule is Cc1cc(C)c(NC(=O)CSc2ccc(-c3sc(-c4cccnc4)nc3C)nn2)c(C)c1. The predicted octanol–water partition coefficient (Wildman–Crippen LogP) is 5.63. The van der Waals surface area contributed by atoms with Gasteiger partial charge in [0, 0.05) is 23.6 Å². The quantitative estimate of drug-likeness (QED) is 0.375. The Kier molecular flexibility index (Phi) is 6.62. The van der Waals surface area contributed by atoms with E-state index >= 15 is 0 Å². The first-order valence-electron chi connectivity index (χ1n) is 10.1. The van der Waals surface area contributed by atoms with Gasteiger partial charge in [-0.25, -0.2) is 4.98 Å². The summed E-state index contributed by atoms with van der Waals surface area (Å²) >= 11 is 2.94. The van der Waals surface area contributed by atoms with Crippen LogP contribution in [0.3, 0.4) is 0 Å². The molecular weight excluding hydrogens is 438 g/mol. The van der Waals surface area contributed by atoms with Gasteiger partial charge in [-0.15, -0.1) is 21.5 Å². The molecule has 1 amide bonds. The lowest BCUT2D eigenvalue weighted by molar-refractivity contribution is -0.113. The number of benzene rings is 1. The zero-order valence-corrected chi connectivity index (χ0v) is 20.0. The molecule has 0 aliphatic rings. The van der Waals surface area contributed by atoms with Crippen LogP contribution in [0.2, 0.25) is 0 Å². The molecule has 1 aromatic carbocycles. The molecular formula is C24H23N5OS2. The summed E-state index contributed by atoms with van der Waals surface area (Å²) in [5.41, 5.74) is 6.86. The predicted molar refractivity (Wildman–Crippen MR) is 131 cm³/mol. The standard InChI is InChI=1S/C24H23N5OS2/c1-14-10-15(2)22(16(3)11-14)27-20(30)13-31-21-8-7-19(28-29-21)23-17(4)26-24(32-23)18-6-5-9-25-12-18/h5-12H,13H2,1-4H3,(H,27,30). The molecule has 0 aliphatic carbocycles. The van der Waals surface area contributed by atoms with Gasteiger partial charge in [0.15, 0.2) is 0 Å². The third kappa shape index (κ3) is 5.03. The minimum Gasteiger partial charge on any atom is -0.325 e. The molecule has 0 saturated heterocycles. The molecule has 6 nitrogen and oxygen atoms in total. The third-order valence-corrected chi connectivity index (χ3v) is 7.02. The highest BCUT2D eigenvalue weighted by molar-refractivity contribution is 7.99. The minimum absolute atomic E-state index is 0.0599. The monoisotopic (exact) mass is 461 g/mol. The van der Waals surface area contributed by atoms with E-state index in [9.17, 15) is 4.79 Å². The van der Waals surface area contributed by atoms with Crippen molar-refractivity contribution in [3.05, 3.63) is 71.2 Å². The summed E-state index contributed by atoms with van der Waals surface area (Å²) in [6, 6.07) is 11.9. The summed E-state index contributed by atoms with van der Waals surface area (Å²) in [4.78, 5) is 22.2. The highest BCUT2D eigenvalue weighted by Crippen LogP contribution is 2.34. The number of amides is 1. The molecule has 162 valence electrons. The number of hydrogen-bond donors (Lipinski definition) is 1. The molecule has 3 heterocycles. The lowest BCUT2D eigenvalue weighted by Gasteiger charge is -2.12. The Hall–Kier alpha value is -3.10. The summed E-state index contributed by atoms with van der Waals surface area (Å²) in [7, 11) is 0. The van der Waals surface area contributed by atoms with Gasteiger partial charge >= 0.3 is 0 Å². The van der Waals surface area contributed by atoms with Gasteiger partial charge in [-0.1, -0.05) is 29.5 Å². The van der Waals surface area contributed by atoms with Crippen LogP contribution in [0.25, 0.3) is 21.1 Å². The fourth-order valence-corrected chi connectivity index (χ4v) is 5.09. The van der Waals surface area contributed by atoms with Crippen LogP contribution in [0.1, 0.15) is 22.4 Å². The van der Waals surface area contributed by atoms with Crippen LogP contribution in [0, 0.1) is 27.7 Å². The van der Waals surface area contributed by atoms with Crippen molar-refractivity contribution < 1.29 is 4.79 Å². The maximum absolute atomic E-state index is 12.5. The second-order valence-corrected chi connectivity index (χ2v) is 9.54. The lowest BCUT2D eigenvalue weighted by atomic mass is 10.1. The number of rotatable bonds is 6. The van der Waals surface area contributed by atoms with E-state index in [4.69, 9.17) is 0 Å². The smallest absolute Gasteiger partial charge is 0.234 e. The average Bonchev–Trinajstić information content (AvgIpc) is 3.17. The van der Waals surface area contributed by atoms with Crippen molar-refractivity contribution in [2.75, 3.05) is 11.1 Å². The number of thiazole rings is 1. The van der Waals surface area contributed by atoms with Crippen LogP contribution >= 0.6 is 23.1 Å². The molecule has 4 aromatic rings. The Bertz CT molecular complexity index is 1230. The van der Waals surface area contributed by atoms with E-state index in [1.807, 2.05) is 45.0 Å². The normalized spacial score (nSPS) is 10.9. The van der Waals surface area contributed by atoms with E-state index in [1.54, 1.807) is 23.7 Å². The summed E-state index contributed by atoms with van der Waals surface area (Å²) in [5.74, 6) is 0.210. The molecule has 0 spiro atoms. The molecule has 8 heteroatoms. The molecule has 3 aromatic heterocycles. The Labute approximate surface area is 195 Å². The van der Waals surface area contributed by atoms with Crippen molar-refractivity contribution in [2.24, 2.45) is 0 Å². The zero-order valence-electron chi connectivity index (χ0n) is 18.3. The first kappa shape index (κ1) is 22.1. The number of aromatic nitrogens is 4. The molecule has 4 rings (SSSR count).